The summed E-state index contributed by atoms with van der Waals surface area (Å²) in [6.07, 6.45) is 5.50. The van der Waals surface area contributed by atoms with E-state index in [0.717, 1.165) is 37.2 Å². The molecule has 1 aliphatic heterocycles. The molecule has 2 rings (SSSR count). The van der Waals surface area contributed by atoms with Crippen LogP contribution in [0.2, 0.25) is 0 Å². The number of piperidine rings is 1. The molecule has 0 spiro atoms. The number of hydrogen-bond donors (Lipinski definition) is 2. The molecule has 0 saturated carbocycles. The van der Waals surface area contributed by atoms with Crippen molar-refractivity contribution in [2.24, 2.45) is 5.92 Å². The van der Waals surface area contributed by atoms with E-state index in [4.69, 9.17) is 0 Å². The molecule has 102 valence electrons. The number of hydrogen-bond acceptors (Lipinski definition) is 3. The Balaban J connectivity index is 0.00000144. The number of rotatable bonds is 2. The topological polar surface area (TPSA) is 54.0 Å². The van der Waals surface area contributed by atoms with Gasteiger partial charge in [-0.2, -0.15) is 0 Å². The molecular formula is C12H19Cl2N3O. The number of pyridine rings is 1. The first kappa shape index (κ1) is 17.2. The molecule has 2 N–H and O–H groups in total. The first-order chi connectivity index (χ1) is 7.75. The number of nitrogens with one attached hydrogen (secondary N) is 2. The van der Waals surface area contributed by atoms with Gasteiger partial charge in [0.2, 0.25) is 5.91 Å². The van der Waals surface area contributed by atoms with Gasteiger partial charge in [-0.05, 0) is 37.9 Å². The van der Waals surface area contributed by atoms with Crippen molar-refractivity contribution in [1.82, 2.24) is 10.3 Å². The molecule has 0 aromatic carbocycles. The molecule has 0 bridgehead atoms. The third-order valence-corrected chi connectivity index (χ3v) is 2.81. The van der Waals surface area contributed by atoms with Crippen LogP contribution in [-0.2, 0) is 4.79 Å². The lowest BCUT2D eigenvalue weighted by Gasteiger charge is -2.21. The Hall–Kier alpha value is -0.840. The van der Waals surface area contributed by atoms with Crippen molar-refractivity contribution >= 4 is 36.4 Å². The predicted molar refractivity (Wildman–Crippen MR) is 77.7 cm³/mol. The molecular weight excluding hydrogens is 273 g/mol. The van der Waals surface area contributed by atoms with Crippen molar-refractivity contribution in [3.63, 3.8) is 0 Å². The number of carbonyl (C=O) groups is 1. The summed E-state index contributed by atoms with van der Waals surface area (Å²) in [6, 6.07) is 1.93. The second kappa shape index (κ2) is 8.29. The number of nitrogens with zero attached hydrogens (tertiary/aromatic N) is 1. The Labute approximate surface area is 120 Å². The minimum atomic E-state index is 0. The van der Waals surface area contributed by atoms with Gasteiger partial charge in [-0.1, -0.05) is 0 Å². The van der Waals surface area contributed by atoms with Crippen molar-refractivity contribution in [1.29, 1.82) is 0 Å². The third-order valence-electron chi connectivity index (χ3n) is 2.81. The largest absolute Gasteiger partial charge is 0.324 e. The number of anilines is 1. The van der Waals surface area contributed by atoms with Crippen molar-refractivity contribution in [2.45, 2.75) is 19.8 Å². The van der Waals surface area contributed by atoms with E-state index in [0.29, 0.717) is 0 Å². The molecule has 1 aromatic heterocycles. The lowest BCUT2D eigenvalue weighted by molar-refractivity contribution is -0.120. The van der Waals surface area contributed by atoms with Crippen LogP contribution in [0, 0.1) is 12.8 Å². The fourth-order valence-electron chi connectivity index (χ4n) is 1.94. The van der Waals surface area contributed by atoms with Gasteiger partial charge < -0.3 is 10.6 Å². The summed E-state index contributed by atoms with van der Waals surface area (Å²) in [5.74, 6) is 0.189. The Morgan fingerprint density at radius 1 is 1.44 bits per heavy atom. The average Bonchev–Trinajstić information content (AvgIpc) is 2.30. The van der Waals surface area contributed by atoms with E-state index < -0.39 is 0 Å². The minimum Gasteiger partial charge on any atom is -0.324 e. The molecule has 4 nitrogen and oxygen atoms in total. The number of aromatic nitrogens is 1. The lowest BCUT2D eigenvalue weighted by atomic mass is 9.99. The van der Waals surface area contributed by atoms with Gasteiger partial charge in [0.15, 0.2) is 0 Å². The molecule has 2 heterocycles. The van der Waals surface area contributed by atoms with E-state index in [1.807, 2.05) is 13.0 Å². The summed E-state index contributed by atoms with van der Waals surface area (Å²) in [5, 5.41) is 6.15. The molecule has 1 saturated heterocycles. The fraction of sp³-hybridized carbons (Fsp3) is 0.500. The van der Waals surface area contributed by atoms with E-state index in [1.165, 1.54) is 0 Å². The SMILES string of the molecule is Cc1cncc(NC(=O)C2CCCNC2)c1.Cl.Cl. The monoisotopic (exact) mass is 291 g/mol. The normalized spacial score (nSPS) is 18.2. The van der Waals surface area contributed by atoms with E-state index in [2.05, 4.69) is 15.6 Å². The lowest BCUT2D eigenvalue weighted by Crippen LogP contribution is -2.37. The van der Waals surface area contributed by atoms with Gasteiger partial charge in [0.25, 0.3) is 0 Å². The highest BCUT2D eigenvalue weighted by atomic mass is 35.5. The molecule has 1 aromatic rings. The minimum absolute atomic E-state index is 0. The van der Waals surface area contributed by atoms with Crippen molar-refractivity contribution in [3.05, 3.63) is 24.0 Å². The van der Waals surface area contributed by atoms with Gasteiger partial charge in [-0.3, -0.25) is 9.78 Å². The Morgan fingerprint density at radius 2 is 2.22 bits per heavy atom. The summed E-state index contributed by atoms with van der Waals surface area (Å²) in [4.78, 5) is 16.0. The van der Waals surface area contributed by atoms with Crippen molar-refractivity contribution < 1.29 is 4.79 Å². The molecule has 18 heavy (non-hydrogen) atoms. The van der Waals surface area contributed by atoms with E-state index >= 15 is 0 Å². The molecule has 1 fully saturated rings. The Kier molecular flexibility index (Phi) is 7.91. The van der Waals surface area contributed by atoms with E-state index in [9.17, 15) is 4.79 Å². The summed E-state index contributed by atoms with van der Waals surface area (Å²) in [7, 11) is 0. The van der Waals surface area contributed by atoms with Gasteiger partial charge >= 0.3 is 0 Å². The van der Waals surface area contributed by atoms with E-state index in [-0.39, 0.29) is 36.6 Å². The Morgan fingerprint density at radius 3 is 2.83 bits per heavy atom. The van der Waals surface area contributed by atoms with Crippen LogP contribution in [0.15, 0.2) is 18.5 Å². The zero-order valence-corrected chi connectivity index (χ0v) is 11.9. The highest BCUT2D eigenvalue weighted by molar-refractivity contribution is 5.92. The van der Waals surface area contributed by atoms with Gasteiger partial charge in [-0.25, -0.2) is 0 Å². The van der Waals surface area contributed by atoms with Gasteiger partial charge in [0, 0.05) is 12.7 Å². The van der Waals surface area contributed by atoms with Crippen LogP contribution in [0.3, 0.4) is 0 Å². The molecule has 1 amide bonds. The number of aryl methyl sites for hydroxylation is 1. The van der Waals surface area contributed by atoms with Gasteiger partial charge in [0.05, 0.1) is 17.8 Å². The first-order valence-corrected chi connectivity index (χ1v) is 5.69. The highest BCUT2D eigenvalue weighted by Gasteiger charge is 2.20. The van der Waals surface area contributed by atoms with E-state index in [1.54, 1.807) is 12.4 Å². The fourth-order valence-corrected chi connectivity index (χ4v) is 1.94. The summed E-state index contributed by atoms with van der Waals surface area (Å²) in [6.45, 7) is 3.77. The average molecular weight is 292 g/mol. The molecule has 1 unspecified atom stereocenters. The van der Waals surface area contributed by atoms with Crippen LogP contribution in [-0.4, -0.2) is 24.0 Å². The summed E-state index contributed by atoms with van der Waals surface area (Å²) in [5.41, 5.74) is 1.84. The quantitative estimate of drug-likeness (QED) is 0.878. The molecule has 6 heteroatoms. The van der Waals surface area contributed by atoms with Crippen LogP contribution >= 0.6 is 24.8 Å². The molecule has 1 atom stereocenters. The van der Waals surface area contributed by atoms with Crippen LogP contribution in [0.25, 0.3) is 0 Å². The van der Waals surface area contributed by atoms with Crippen LogP contribution in [0.4, 0.5) is 5.69 Å². The molecule has 1 aliphatic rings. The first-order valence-electron chi connectivity index (χ1n) is 5.69. The number of carbonyl (C=O) groups excluding carboxylic acids is 1. The standard InChI is InChI=1S/C12H17N3O.2ClH/c1-9-5-11(8-14-6-9)15-12(16)10-3-2-4-13-7-10;;/h5-6,8,10,13H,2-4,7H2,1H3,(H,15,16);2*1H. The second-order valence-electron chi connectivity index (χ2n) is 4.28. The molecule has 0 aliphatic carbocycles. The number of amides is 1. The smallest absolute Gasteiger partial charge is 0.228 e. The maximum Gasteiger partial charge on any atom is 0.228 e. The summed E-state index contributed by atoms with van der Waals surface area (Å²) >= 11 is 0. The van der Waals surface area contributed by atoms with Crippen LogP contribution in [0.1, 0.15) is 18.4 Å². The van der Waals surface area contributed by atoms with Crippen molar-refractivity contribution in [3.8, 4) is 0 Å². The van der Waals surface area contributed by atoms with Gasteiger partial charge in [0.1, 0.15) is 0 Å². The maximum atomic E-state index is 11.9. The number of halogens is 2. The van der Waals surface area contributed by atoms with Crippen LogP contribution in [0.5, 0.6) is 0 Å². The zero-order valence-electron chi connectivity index (χ0n) is 10.3. The highest BCUT2D eigenvalue weighted by Crippen LogP contribution is 2.14. The van der Waals surface area contributed by atoms with Crippen LogP contribution < -0.4 is 10.6 Å². The predicted octanol–water partition coefficient (Wildman–Crippen LogP) is 2.17. The van der Waals surface area contributed by atoms with Crippen molar-refractivity contribution in [2.75, 3.05) is 18.4 Å². The Bertz CT molecular complexity index is 381. The van der Waals surface area contributed by atoms with Gasteiger partial charge in [-0.15, -0.1) is 24.8 Å². The second-order valence-corrected chi connectivity index (χ2v) is 4.28. The summed E-state index contributed by atoms with van der Waals surface area (Å²) < 4.78 is 0. The third kappa shape index (κ3) is 4.80. The zero-order chi connectivity index (χ0) is 11.4. The molecule has 0 radical (unpaired) electrons. The maximum absolute atomic E-state index is 11.9.